The van der Waals surface area contributed by atoms with Gasteiger partial charge in [0.1, 0.15) is 5.56 Å². The highest BCUT2D eigenvalue weighted by atomic mass is 16.5. The average molecular weight is 290 g/mol. The van der Waals surface area contributed by atoms with Crippen molar-refractivity contribution in [3.05, 3.63) is 18.0 Å². The molecule has 2 aromatic heterocycles. The number of anilines is 1. The van der Waals surface area contributed by atoms with Crippen LogP contribution in [0.1, 0.15) is 30.1 Å². The second kappa shape index (κ2) is 5.69. The molecule has 1 atom stereocenters. The lowest BCUT2D eigenvalue weighted by atomic mass is 10.1. The summed E-state index contributed by atoms with van der Waals surface area (Å²) in [5, 5.41) is 17.7. The van der Waals surface area contributed by atoms with Crippen LogP contribution >= 0.6 is 0 Å². The zero-order valence-electron chi connectivity index (χ0n) is 11.9. The number of carbonyl (C=O) groups is 1. The van der Waals surface area contributed by atoms with E-state index in [0.29, 0.717) is 24.5 Å². The number of hydrogen-bond donors (Lipinski definition) is 2. The highest BCUT2D eigenvalue weighted by Crippen LogP contribution is 2.27. The fraction of sp³-hybridized carbons (Fsp3) is 0.500. The Balaban J connectivity index is 2.05. The van der Waals surface area contributed by atoms with Gasteiger partial charge >= 0.3 is 5.97 Å². The van der Waals surface area contributed by atoms with Crippen LogP contribution in [0.4, 0.5) is 5.69 Å². The minimum atomic E-state index is -0.993. The van der Waals surface area contributed by atoms with Crippen molar-refractivity contribution >= 4 is 22.7 Å². The highest BCUT2D eigenvalue weighted by molar-refractivity contribution is 6.03. The first-order chi connectivity index (χ1) is 10.2. The van der Waals surface area contributed by atoms with Crippen molar-refractivity contribution in [3.8, 4) is 0 Å². The Morgan fingerprint density at radius 2 is 2.43 bits per heavy atom. The van der Waals surface area contributed by atoms with E-state index in [1.807, 2.05) is 6.92 Å². The summed E-state index contributed by atoms with van der Waals surface area (Å²) in [5.74, 6) is -0.993. The molecule has 112 valence electrons. The number of nitrogens with zero attached hydrogens (tertiary/aromatic N) is 3. The first-order valence-corrected chi connectivity index (χ1v) is 7.12. The lowest BCUT2D eigenvalue weighted by Gasteiger charge is -2.25. The zero-order valence-corrected chi connectivity index (χ0v) is 11.9. The normalized spacial score (nSPS) is 18.8. The number of nitrogens with one attached hydrogen (secondary N) is 1. The summed E-state index contributed by atoms with van der Waals surface area (Å²) in [6.45, 7) is 4.02. The van der Waals surface area contributed by atoms with E-state index < -0.39 is 5.97 Å². The molecule has 7 nitrogen and oxygen atoms in total. The van der Waals surface area contributed by atoms with E-state index in [9.17, 15) is 9.90 Å². The maximum absolute atomic E-state index is 11.4. The Labute approximate surface area is 121 Å². The zero-order chi connectivity index (χ0) is 14.8. The van der Waals surface area contributed by atoms with Crippen molar-refractivity contribution in [2.45, 2.75) is 32.4 Å². The summed E-state index contributed by atoms with van der Waals surface area (Å²) in [4.78, 5) is 15.7. The predicted octanol–water partition coefficient (Wildman–Crippen LogP) is 1.74. The van der Waals surface area contributed by atoms with Gasteiger partial charge < -0.3 is 15.2 Å². The summed E-state index contributed by atoms with van der Waals surface area (Å²) in [6, 6.07) is 0.118. The summed E-state index contributed by atoms with van der Waals surface area (Å²) in [7, 11) is 0. The van der Waals surface area contributed by atoms with Gasteiger partial charge in [-0.25, -0.2) is 14.5 Å². The molecule has 0 aromatic carbocycles. The second-order valence-corrected chi connectivity index (χ2v) is 5.11. The van der Waals surface area contributed by atoms with Crippen molar-refractivity contribution in [3.63, 3.8) is 0 Å². The van der Waals surface area contributed by atoms with Crippen LogP contribution in [-0.2, 0) is 11.3 Å². The molecule has 0 bridgehead atoms. The molecule has 21 heavy (non-hydrogen) atoms. The standard InChI is InChI=1S/C14H18N4O3/c1-2-18-13-10(7-16-18)12(11(6-15-13)14(19)20)17-9-4-3-5-21-8-9/h6-7,9H,2-5,8H2,1H3,(H,15,17)(H,19,20). The van der Waals surface area contributed by atoms with E-state index in [-0.39, 0.29) is 11.6 Å². The lowest BCUT2D eigenvalue weighted by molar-refractivity contribution is 0.0696. The van der Waals surface area contributed by atoms with Gasteiger partial charge in [0, 0.05) is 25.4 Å². The topological polar surface area (TPSA) is 89.3 Å². The molecule has 1 saturated heterocycles. The van der Waals surface area contributed by atoms with Crippen LogP contribution in [0.3, 0.4) is 0 Å². The van der Waals surface area contributed by atoms with Crippen molar-refractivity contribution in [2.24, 2.45) is 0 Å². The SMILES string of the molecule is CCn1ncc2c(NC3CCCOC3)c(C(=O)O)cnc21. The number of carboxylic acid groups (broad SMARTS) is 1. The number of aryl methyl sites for hydroxylation is 1. The maximum atomic E-state index is 11.4. The Bertz CT molecular complexity index is 662. The fourth-order valence-electron chi connectivity index (χ4n) is 2.63. The molecule has 7 heteroatoms. The minimum absolute atomic E-state index is 0.118. The predicted molar refractivity (Wildman–Crippen MR) is 77.6 cm³/mol. The van der Waals surface area contributed by atoms with E-state index >= 15 is 0 Å². The summed E-state index contributed by atoms with van der Waals surface area (Å²) >= 11 is 0. The van der Waals surface area contributed by atoms with Crippen LogP contribution in [0.5, 0.6) is 0 Å². The van der Waals surface area contributed by atoms with Gasteiger partial charge in [-0.15, -0.1) is 0 Å². The molecular weight excluding hydrogens is 272 g/mol. The first kappa shape index (κ1) is 13.8. The third kappa shape index (κ3) is 2.56. The van der Waals surface area contributed by atoms with Crippen LogP contribution in [0, 0.1) is 0 Å². The van der Waals surface area contributed by atoms with Gasteiger partial charge in [-0.05, 0) is 19.8 Å². The van der Waals surface area contributed by atoms with Gasteiger partial charge in [0.15, 0.2) is 5.65 Å². The molecule has 3 heterocycles. The van der Waals surface area contributed by atoms with Gasteiger partial charge in [0.05, 0.1) is 23.9 Å². The number of ether oxygens (including phenoxy) is 1. The number of fused-ring (bicyclic) bond motifs is 1. The molecule has 0 amide bonds. The van der Waals surface area contributed by atoms with E-state index in [1.54, 1.807) is 10.9 Å². The maximum Gasteiger partial charge on any atom is 0.339 e. The summed E-state index contributed by atoms with van der Waals surface area (Å²) in [6.07, 6.45) is 5.00. The molecule has 1 aliphatic rings. The van der Waals surface area contributed by atoms with E-state index in [1.165, 1.54) is 6.20 Å². The number of carboxylic acids is 1. The Hall–Kier alpha value is -2.15. The van der Waals surface area contributed by atoms with Crippen LogP contribution < -0.4 is 5.32 Å². The first-order valence-electron chi connectivity index (χ1n) is 7.12. The molecular formula is C14H18N4O3. The van der Waals surface area contributed by atoms with E-state index in [4.69, 9.17) is 4.74 Å². The van der Waals surface area contributed by atoms with Gasteiger partial charge in [0.2, 0.25) is 0 Å². The molecule has 1 aliphatic heterocycles. The van der Waals surface area contributed by atoms with Gasteiger partial charge in [-0.1, -0.05) is 0 Å². The second-order valence-electron chi connectivity index (χ2n) is 5.11. The van der Waals surface area contributed by atoms with Crippen molar-refractivity contribution in [2.75, 3.05) is 18.5 Å². The average Bonchev–Trinajstić information content (AvgIpc) is 2.92. The van der Waals surface area contributed by atoms with E-state index in [2.05, 4.69) is 15.4 Å². The number of pyridine rings is 1. The molecule has 3 rings (SSSR count). The van der Waals surface area contributed by atoms with Gasteiger partial charge in [-0.3, -0.25) is 0 Å². The Kier molecular flexibility index (Phi) is 3.74. The fourth-order valence-corrected chi connectivity index (χ4v) is 2.63. The third-order valence-electron chi connectivity index (χ3n) is 3.70. The molecule has 1 fully saturated rings. The van der Waals surface area contributed by atoms with Crippen molar-refractivity contribution in [1.29, 1.82) is 0 Å². The number of hydrogen-bond acceptors (Lipinski definition) is 5. The Morgan fingerprint density at radius 3 is 3.10 bits per heavy atom. The smallest absolute Gasteiger partial charge is 0.339 e. The van der Waals surface area contributed by atoms with Crippen molar-refractivity contribution in [1.82, 2.24) is 14.8 Å². The van der Waals surface area contributed by atoms with E-state index in [0.717, 1.165) is 24.8 Å². The molecule has 0 saturated carbocycles. The summed E-state index contributed by atoms with van der Waals surface area (Å²) < 4.78 is 7.20. The van der Waals surface area contributed by atoms with Crippen LogP contribution in [0.15, 0.2) is 12.4 Å². The number of rotatable bonds is 4. The quantitative estimate of drug-likeness (QED) is 0.891. The third-order valence-corrected chi connectivity index (χ3v) is 3.70. The largest absolute Gasteiger partial charge is 0.478 e. The molecule has 0 spiro atoms. The van der Waals surface area contributed by atoms with Gasteiger partial charge in [0.25, 0.3) is 0 Å². The molecule has 2 aromatic rings. The van der Waals surface area contributed by atoms with Crippen LogP contribution in [0.25, 0.3) is 11.0 Å². The highest BCUT2D eigenvalue weighted by Gasteiger charge is 2.21. The minimum Gasteiger partial charge on any atom is -0.478 e. The lowest BCUT2D eigenvalue weighted by Crippen LogP contribution is -2.30. The monoisotopic (exact) mass is 290 g/mol. The molecule has 1 unspecified atom stereocenters. The van der Waals surface area contributed by atoms with Crippen LogP contribution in [-0.4, -0.2) is 45.1 Å². The van der Waals surface area contributed by atoms with Crippen molar-refractivity contribution < 1.29 is 14.6 Å². The number of aromatic carboxylic acids is 1. The number of aromatic nitrogens is 3. The van der Waals surface area contributed by atoms with Gasteiger partial charge in [-0.2, -0.15) is 5.10 Å². The van der Waals surface area contributed by atoms with Crippen LogP contribution in [0.2, 0.25) is 0 Å². The Morgan fingerprint density at radius 1 is 1.57 bits per heavy atom. The molecule has 0 radical (unpaired) electrons. The molecule has 2 N–H and O–H groups in total. The molecule has 0 aliphatic carbocycles. The summed E-state index contributed by atoms with van der Waals surface area (Å²) in [5.41, 5.74) is 1.45.